The second-order valence-corrected chi connectivity index (χ2v) is 11.0. The quantitative estimate of drug-likeness (QED) is 0.270. The van der Waals surface area contributed by atoms with E-state index in [0.29, 0.717) is 15.7 Å². The summed E-state index contributed by atoms with van der Waals surface area (Å²) in [6.45, 7) is 3.66. The van der Waals surface area contributed by atoms with Gasteiger partial charge in [-0.2, -0.15) is 15.2 Å². The summed E-state index contributed by atoms with van der Waals surface area (Å²) in [5.41, 5.74) is 1.41. The lowest BCUT2D eigenvalue weighted by Crippen LogP contribution is -2.24. The van der Waals surface area contributed by atoms with Crippen LogP contribution in [-0.2, 0) is 0 Å². The van der Waals surface area contributed by atoms with Gasteiger partial charge in [-0.05, 0) is 74.9 Å². The van der Waals surface area contributed by atoms with Crippen molar-refractivity contribution in [2.24, 2.45) is 0 Å². The molecule has 2 aliphatic carbocycles. The summed E-state index contributed by atoms with van der Waals surface area (Å²) in [6.07, 6.45) is 3.73. The number of hydrogen-bond donors (Lipinski definition) is 1. The van der Waals surface area contributed by atoms with Crippen LogP contribution in [0.2, 0.25) is 20.1 Å². The van der Waals surface area contributed by atoms with E-state index in [1.807, 2.05) is 19.1 Å². The zero-order valence-corrected chi connectivity index (χ0v) is 24.7. The van der Waals surface area contributed by atoms with Crippen LogP contribution < -0.4 is 11.4 Å². The minimum Gasteiger partial charge on any atom is -0.264 e. The highest BCUT2D eigenvalue weighted by molar-refractivity contribution is 6.38. The number of halogens is 5. The number of aromatic amines is 1. The molecule has 41 heavy (non-hydrogen) atoms. The molecule has 0 radical (unpaired) electrons. The summed E-state index contributed by atoms with van der Waals surface area (Å²) < 4.78 is 16.6. The predicted molar refractivity (Wildman–Crippen MR) is 153 cm³/mol. The van der Waals surface area contributed by atoms with Crippen molar-refractivity contribution >= 4 is 46.4 Å². The van der Waals surface area contributed by atoms with Crippen molar-refractivity contribution < 1.29 is 4.39 Å². The molecule has 212 valence electrons. The Hall–Kier alpha value is -3.61. The van der Waals surface area contributed by atoms with Crippen LogP contribution in [0.4, 0.5) is 4.39 Å². The summed E-state index contributed by atoms with van der Waals surface area (Å²) in [6, 6.07) is 10.6. The molecule has 2 heterocycles. The van der Waals surface area contributed by atoms with Crippen molar-refractivity contribution in [3.63, 3.8) is 0 Å². The normalized spacial score (nSPS) is 13.8. The average molecular weight is 638 g/mol. The first-order valence-corrected chi connectivity index (χ1v) is 13.7. The molecule has 0 unspecified atom stereocenters. The Kier molecular flexibility index (Phi) is 9.25. The molecule has 2 fully saturated rings. The molecule has 0 atom stereocenters. The van der Waals surface area contributed by atoms with Gasteiger partial charge in [0.15, 0.2) is 5.82 Å². The predicted octanol–water partition coefficient (Wildman–Crippen LogP) is 6.07. The van der Waals surface area contributed by atoms with Crippen molar-refractivity contribution in [2.75, 3.05) is 0 Å². The van der Waals surface area contributed by atoms with Crippen LogP contribution in [0.5, 0.6) is 0 Å². The topological polar surface area (TPSA) is 138 Å². The Labute approximate surface area is 253 Å². The van der Waals surface area contributed by atoms with Crippen LogP contribution in [0.3, 0.4) is 0 Å². The van der Waals surface area contributed by atoms with Gasteiger partial charge >= 0.3 is 11.4 Å². The summed E-state index contributed by atoms with van der Waals surface area (Å²) in [4.78, 5) is 23.4. The molecule has 2 aliphatic rings. The minimum atomic E-state index is -0.547. The summed E-state index contributed by atoms with van der Waals surface area (Å²) >= 11 is 23.2. The van der Waals surface area contributed by atoms with Gasteiger partial charge in [0.25, 0.3) is 0 Å². The molecular formula is C26H21Cl4FN8O2. The SMILES string of the molecule is Cc1cc(Cl)c(-n2nc(C#N)n(C3CC3)c2=O)c(Cl)c1.Cc1cc(Cl)c(F)c(Cl)c1.N#Cc1n[nH]c(=O)n1C1CC1. The van der Waals surface area contributed by atoms with Gasteiger partial charge in [0.2, 0.25) is 11.6 Å². The van der Waals surface area contributed by atoms with Crippen LogP contribution in [-0.4, -0.2) is 29.1 Å². The standard InChI is InChI=1S/C13H10Cl2N4O.C7H5Cl2F.C6H6N4O/c1-7-4-9(14)12(10(15)5-7)19-13(20)18(8-2-3-8)11(6-16)17-19;1-4-2-5(8)7(10)6(9)3-4;7-3-5-8-9-6(11)10(5)4-1-2-4/h4-5,8H,2-3H2,1H3;2-3H,1H3;4H,1-2H2,(H,9,11). The molecule has 4 aromatic rings. The third-order valence-corrected chi connectivity index (χ3v) is 7.17. The molecule has 0 bridgehead atoms. The molecule has 2 aromatic carbocycles. The van der Waals surface area contributed by atoms with Gasteiger partial charge in [0, 0.05) is 12.1 Å². The van der Waals surface area contributed by atoms with Crippen molar-refractivity contribution in [1.82, 2.24) is 29.1 Å². The summed E-state index contributed by atoms with van der Waals surface area (Å²) in [5.74, 6) is -0.267. The number of aromatic nitrogens is 6. The minimum absolute atomic E-state index is 0.0638. The number of aryl methyl sites for hydroxylation is 2. The number of H-pyrrole nitrogens is 1. The maximum atomic E-state index is 12.6. The molecule has 1 N–H and O–H groups in total. The molecule has 2 saturated carbocycles. The first-order chi connectivity index (χ1) is 19.5. The Bertz CT molecular complexity index is 1770. The second kappa shape index (κ2) is 12.5. The number of hydrogen-bond acceptors (Lipinski definition) is 6. The van der Waals surface area contributed by atoms with Crippen LogP contribution in [0.15, 0.2) is 33.9 Å². The number of nitrogens with one attached hydrogen (secondary N) is 1. The highest BCUT2D eigenvalue weighted by atomic mass is 35.5. The molecule has 15 heteroatoms. The van der Waals surface area contributed by atoms with Crippen LogP contribution in [0, 0.1) is 42.3 Å². The van der Waals surface area contributed by atoms with E-state index in [1.54, 1.807) is 19.1 Å². The van der Waals surface area contributed by atoms with Gasteiger partial charge in [-0.3, -0.25) is 9.13 Å². The zero-order valence-electron chi connectivity index (χ0n) is 21.6. The lowest BCUT2D eigenvalue weighted by atomic mass is 10.2. The van der Waals surface area contributed by atoms with Crippen molar-refractivity contribution in [1.29, 1.82) is 10.5 Å². The average Bonchev–Trinajstić information content (AvgIpc) is 3.85. The fraction of sp³-hybridized carbons (Fsp3) is 0.308. The number of rotatable bonds is 3. The lowest BCUT2D eigenvalue weighted by molar-refractivity contribution is 0.628. The molecule has 6 rings (SSSR count). The van der Waals surface area contributed by atoms with Crippen LogP contribution >= 0.6 is 46.4 Å². The fourth-order valence-electron chi connectivity index (χ4n) is 3.89. The molecule has 10 nitrogen and oxygen atoms in total. The zero-order chi connectivity index (χ0) is 30.0. The number of nitriles is 2. The fourth-order valence-corrected chi connectivity index (χ4v) is 5.25. The number of benzene rings is 2. The molecule has 0 saturated heterocycles. The third-order valence-electron chi connectivity index (χ3n) is 6.04. The van der Waals surface area contributed by atoms with Crippen LogP contribution in [0.1, 0.15) is 60.5 Å². The summed E-state index contributed by atoms with van der Waals surface area (Å²) in [7, 11) is 0. The maximum Gasteiger partial charge on any atom is 0.351 e. The van der Waals surface area contributed by atoms with Gasteiger partial charge in [-0.15, -0.1) is 10.2 Å². The Morgan fingerprint density at radius 3 is 1.76 bits per heavy atom. The maximum absolute atomic E-state index is 12.6. The van der Waals surface area contributed by atoms with E-state index < -0.39 is 5.82 Å². The number of nitrogens with zero attached hydrogens (tertiary/aromatic N) is 7. The van der Waals surface area contributed by atoms with E-state index in [4.69, 9.17) is 56.9 Å². The van der Waals surface area contributed by atoms with E-state index in [1.165, 1.54) is 21.3 Å². The Morgan fingerprint density at radius 2 is 1.29 bits per heavy atom. The van der Waals surface area contributed by atoms with Crippen molar-refractivity contribution in [3.05, 3.63) is 93.9 Å². The largest absolute Gasteiger partial charge is 0.351 e. The van der Waals surface area contributed by atoms with E-state index in [-0.39, 0.29) is 45.2 Å². The van der Waals surface area contributed by atoms with Crippen LogP contribution in [0.25, 0.3) is 5.69 Å². The lowest BCUT2D eigenvalue weighted by Gasteiger charge is -2.06. The first kappa shape index (κ1) is 30.4. The molecule has 0 amide bonds. The molecular weight excluding hydrogens is 617 g/mol. The summed E-state index contributed by atoms with van der Waals surface area (Å²) in [5, 5.41) is 28.3. The van der Waals surface area contributed by atoms with Crippen molar-refractivity contribution in [3.8, 4) is 17.8 Å². The van der Waals surface area contributed by atoms with Gasteiger partial charge < -0.3 is 0 Å². The molecule has 2 aromatic heterocycles. The highest BCUT2D eigenvalue weighted by Gasteiger charge is 2.31. The van der Waals surface area contributed by atoms with Gasteiger partial charge in [-0.25, -0.2) is 19.1 Å². The van der Waals surface area contributed by atoms with Gasteiger partial charge in [0.1, 0.15) is 17.8 Å². The first-order valence-electron chi connectivity index (χ1n) is 12.2. The van der Waals surface area contributed by atoms with E-state index >= 15 is 0 Å². The second-order valence-electron chi connectivity index (χ2n) is 9.42. The highest BCUT2D eigenvalue weighted by Crippen LogP contribution is 2.35. The molecule has 0 aliphatic heterocycles. The Balaban J connectivity index is 0.000000156. The molecule has 0 spiro atoms. The smallest absolute Gasteiger partial charge is 0.264 e. The van der Waals surface area contributed by atoms with Gasteiger partial charge in [-0.1, -0.05) is 46.4 Å². The van der Waals surface area contributed by atoms with Crippen molar-refractivity contribution in [2.45, 2.75) is 51.6 Å². The third kappa shape index (κ3) is 6.83. The Morgan fingerprint density at radius 1 is 0.829 bits per heavy atom. The van der Waals surface area contributed by atoms with E-state index in [2.05, 4.69) is 15.3 Å². The van der Waals surface area contributed by atoms with Gasteiger partial charge in [0.05, 0.1) is 20.1 Å². The van der Waals surface area contributed by atoms with E-state index in [9.17, 15) is 14.0 Å². The monoisotopic (exact) mass is 636 g/mol. The van der Waals surface area contributed by atoms with E-state index in [0.717, 1.165) is 41.5 Å².